The Kier molecular flexibility index (Phi) is 2.41. The number of hydrogen-bond acceptors (Lipinski definition) is 3. The first-order valence-corrected chi connectivity index (χ1v) is 4.33. The molecule has 0 radical (unpaired) electrons. The molecule has 11 heavy (non-hydrogen) atoms. The zero-order chi connectivity index (χ0) is 8.43. The van der Waals surface area contributed by atoms with Crippen molar-refractivity contribution in [2.75, 3.05) is 0 Å². The molecule has 60 valence electrons. The summed E-state index contributed by atoms with van der Waals surface area (Å²) in [6.45, 7) is 2.21. The molecule has 0 fully saturated rings. The van der Waals surface area contributed by atoms with Gasteiger partial charge in [0.25, 0.3) is 0 Å². The van der Waals surface area contributed by atoms with Crippen LogP contribution >= 0.6 is 23.6 Å². The van der Waals surface area contributed by atoms with Gasteiger partial charge in [0.15, 0.2) is 0 Å². The highest BCUT2D eigenvalue weighted by atomic mass is 32.1. The maximum absolute atomic E-state index is 11.0. The average Bonchev–Trinajstić information content (AvgIpc) is 2.18. The molecule has 1 aromatic rings. The van der Waals surface area contributed by atoms with E-state index in [9.17, 15) is 4.79 Å². The summed E-state index contributed by atoms with van der Waals surface area (Å²) >= 11 is 5.85. The second-order valence-electron chi connectivity index (χ2n) is 2.20. The molecule has 1 aromatic heterocycles. The molecular formula is C6H8N2OS2. The van der Waals surface area contributed by atoms with Gasteiger partial charge in [-0.1, -0.05) is 23.6 Å². The highest BCUT2D eigenvalue weighted by molar-refractivity contribution is 7.80. The first-order valence-electron chi connectivity index (χ1n) is 3.04. The van der Waals surface area contributed by atoms with Crippen LogP contribution in [0.1, 0.15) is 5.69 Å². The number of rotatable bonds is 2. The fourth-order valence-corrected chi connectivity index (χ4v) is 1.62. The standard InChI is InChI=1S/C6H8N2OS2/c1-4-3-11-6(9)8(4)2-5(7)10/h3H,2H2,1H3,(H2,7,10). The Morgan fingerprint density at radius 2 is 2.55 bits per heavy atom. The Balaban J connectivity index is 3.01. The molecule has 0 bridgehead atoms. The second-order valence-corrected chi connectivity index (χ2v) is 3.54. The molecule has 0 aromatic carbocycles. The van der Waals surface area contributed by atoms with Gasteiger partial charge in [0.2, 0.25) is 0 Å². The normalized spacial score (nSPS) is 9.91. The van der Waals surface area contributed by atoms with Gasteiger partial charge in [0.1, 0.15) is 0 Å². The number of aryl methyl sites for hydroxylation is 1. The molecule has 0 aliphatic carbocycles. The number of thiazole rings is 1. The minimum atomic E-state index is -0.00435. The Bertz CT molecular complexity index is 326. The highest BCUT2D eigenvalue weighted by Crippen LogP contribution is 1.98. The summed E-state index contributed by atoms with van der Waals surface area (Å²) in [5.74, 6) is 0. The van der Waals surface area contributed by atoms with Gasteiger partial charge in [-0.3, -0.25) is 9.36 Å². The van der Waals surface area contributed by atoms with Crippen LogP contribution in [0.5, 0.6) is 0 Å². The van der Waals surface area contributed by atoms with E-state index >= 15 is 0 Å². The number of aromatic nitrogens is 1. The molecule has 0 amide bonds. The molecule has 5 heteroatoms. The minimum absolute atomic E-state index is 0.00435. The molecular weight excluding hydrogens is 180 g/mol. The third kappa shape index (κ3) is 1.87. The molecule has 0 saturated carbocycles. The van der Waals surface area contributed by atoms with Gasteiger partial charge in [-0.15, -0.1) is 0 Å². The smallest absolute Gasteiger partial charge is 0.307 e. The lowest BCUT2D eigenvalue weighted by atomic mass is 10.5. The van der Waals surface area contributed by atoms with Crippen molar-refractivity contribution in [2.24, 2.45) is 5.73 Å². The predicted molar refractivity (Wildman–Crippen MR) is 50.1 cm³/mol. The van der Waals surface area contributed by atoms with Crippen molar-refractivity contribution in [3.05, 3.63) is 20.7 Å². The Hall–Kier alpha value is -0.680. The SMILES string of the molecule is Cc1csc(=O)n1CC(N)=S. The van der Waals surface area contributed by atoms with Crippen molar-refractivity contribution in [1.82, 2.24) is 4.57 Å². The zero-order valence-electron chi connectivity index (χ0n) is 6.03. The summed E-state index contributed by atoms with van der Waals surface area (Å²) in [7, 11) is 0. The first-order chi connectivity index (χ1) is 5.11. The van der Waals surface area contributed by atoms with Crippen LogP contribution in [0, 0.1) is 6.92 Å². The molecule has 1 heterocycles. The van der Waals surface area contributed by atoms with Crippen LogP contribution in [-0.4, -0.2) is 9.56 Å². The van der Waals surface area contributed by atoms with E-state index in [0.717, 1.165) is 5.69 Å². The summed E-state index contributed by atoms with van der Waals surface area (Å²) in [6.07, 6.45) is 0. The van der Waals surface area contributed by atoms with Crippen LogP contribution in [0.3, 0.4) is 0 Å². The van der Waals surface area contributed by atoms with Crippen LogP contribution in [0.15, 0.2) is 10.2 Å². The van der Waals surface area contributed by atoms with Crippen molar-refractivity contribution < 1.29 is 0 Å². The summed E-state index contributed by atoms with van der Waals surface area (Å²) in [4.78, 5) is 11.4. The van der Waals surface area contributed by atoms with Gasteiger partial charge < -0.3 is 5.73 Å². The summed E-state index contributed by atoms with van der Waals surface area (Å²) < 4.78 is 1.56. The Morgan fingerprint density at radius 3 is 2.91 bits per heavy atom. The van der Waals surface area contributed by atoms with E-state index in [-0.39, 0.29) is 4.87 Å². The van der Waals surface area contributed by atoms with E-state index in [1.54, 1.807) is 9.95 Å². The lowest BCUT2D eigenvalue weighted by Crippen LogP contribution is -2.23. The predicted octanol–water partition coefficient (Wildman–Crippen LogP) is 0.504. The van der Waals surface area contributed by atoms with E-state index in [1.807, 2.05) is 6.92 Å². The molecule has 2 N–H and O–H groups in total. The van der Waals surface area contributed by atoms with E-state index < -0.39 is 0 Å². The third-order valence-corrected chi connectivity index (χ3v) is 2.30. The topological polar surface area (TPSA) is 48.0 Å². The molecule has 0 aliphatic heterocycles. The van der Waals surface area contributed by atoms with Gasteiger partial charge in [-0.25, -0.2) is 0 Å². The molecule has 1 rings (SSSR count). The van der Waals surface area contributed by atoms with Gasteiger partial charge in [0.05, 0.1) is 11.5 Å². The maximum Gasteiger partial charge on any atom is 0.307 e. The van der Waals surface area contributed by atoms with Crippen LogP contribution in [0.4, 0.5) is 0 Å². The Morgan fingerprint density at radius 1 is 1.91 bits per heavy atom. The quantitative estimate of drug-likeness (QED) is 0.688. The first kappa shape index (κ1) is 8.42. The average molecular weight is 188 g/mol. The van der Waals surface area contributed by atoms with E-state index in [2.05, 4.69) is 12.2 Å². The number of hydrogen-bond donors (Lipinski definition) is 1. The monoisotopic (exact) mass is 188 g/mol. The zero-order valence-corrected chi connectivity index (χ0v) is 7.67. The summed E-state index contributed by atoms with van der Waals surface area (Å²) in [5.41, 5.74) is 6.21. The number of thiocarbonyl (C=S) groups is 1. The van der Waals surface area contributed by atoms with Crippen LogP contribution in [0.2, 0.25) is 0 Å². The van der Waals surface area contributed by atoms with Crippen LogP contribution < -0.4 is 10.6 Å². The van der Waals surface area contributed by atoms with Gasteiger partial charge in [-0.05, 0) is 6.92 Å². The van der Waals surface area contributed by atoms with E-state index in [1.165, 1.54) is 11.3 Å². The fraction of sp³-hybridized carbons (Fsp3) is 0.333. The van der Waals surface area contributed by atoms with Crippen molar-refractivity contribution in [2.45, 2.75) is 13.5 Å². The van der Waals surface area contributed by atoms with Gasteiger partial charge >= 0.3 is 4.87 Å². The highest BCUT2D eigenvalue weighted by Gasteiger charge is 2.01. The molecule has 0 unspecified atom stereocenters. The maximum atomic E-state index is 11.0. The molecule has 0 saturated heterocycles. The van der Waals surface area contributed by atoms with Gasteiger partial charge in [-0.2, -0.15) is 0 Å². The minimum Gasteiger partial charge on any atom is -0.392 e. The lowest BCUT2D eigenvalue weighted by Gasteiger charge is -2.00. The second kappa shape index (κ2) is 3.15. The lowest BCUT2D eigenvalue weighted by molar-refractivity contribution is 0.803. The van der Waals surface area contributed by atoms with Crippen molar-refractivity contribution in [3.63, 3.8) is 0 Å². The van der Waals surface area contributed by atoms with Gasteiger partial charge in [0, 0.05) is 11.1 Å². The van der Waals surface area contributed by atoms with Crippen LogP contribution in [0.25, 0.3) is 0 Å². The van der Waals surface area contributed by atoms with Crippen molar-refractivity contribution in [1.29, 1.82) is 0 Å². The largest absolute Gasteiger partial charge is 0.392 e. The van der Waals surface area contributed by atoms with Crippen molar-refractivity contribution in [3.8, 4) is 0 Å². The fourth-order valence-electron chi connectivity index (χ4n) is 0.752. The molecule has 0 atom stereocenters. The van der Waals surface area contributed by atoms with Crippen molar-refractivity contribution >= 4 is 28.5 Å². The molecule has 0 spiro atoms. The van der Waals surface area contributed by atoms with E-state index in [4.69, 9.17) is 5.73 Å². The molecule has 3 nitrogen and oxygen atoms in total. The summed E-state index contributed by atoms with van der Waals surface area (Å²) in [6, 6.07) is 0. The summed E-state index contributed by atoms with van der Waals surface area (Å²) in [5, 5.41) is 1.79. The number of nitrogens with zero attached hydrogens (tertiary/aromatic N) is 1. The molecule has 0 aliphatic rings. The van der Waals surface area contributed by atoms with Crippen LogP contribution in [-0.2, 0) is 6.54 Å². The number of nitrogens with two attached hydrogens (primary N) is 1. The van der Waals surface area contributed by atoms with E-state index in [0.29, 0.717) is 11.5 Å². The third-order valence-electron chi connectivity index (χ3n) is 1.29. The Labute approximate surface area is 73.5 Å².